The molecule has 0 radical (unpaired) electrons. The third-order valence-corrected chi connectivity index (χ3v) is 4.89. The zero-order valence-corrected chi connectivity index (χ0v) is 14.8. The number of benzene rings is 1. The molecular formula is C19H25N3O3. The van der Waals surface area contributed by atoms with Crippen LogP contribution >= 0.6 is 0 Å². The molecule has 1 aliphatic carbocycles. The second-order valence-corrected chi connectivity index (χ2v) is 6.49. The predicted molar refractivity (Wildman–Crippen MR) is 94.1 cm³/mol. The van der Waals surface area contributed by atoms with Gasteiger partial charge in [0.2, 0.25) is 0 Å². The summed E-state index contributed by atoms with van der Waals surface area (Å²) in [6, 6.07) is 8.23. The van der Waals surface area contributed by atoms with Crippen molar-refractivity contribution in [2.24, 2.45) is 0 Å². The van der Waals surface area contributed by atoms with Crippen LogP contribution in [0.5, 0.6) is 0 Å². The molecule has 1 aliphatic rings. The van der Waals surface area contributed by atoms with E-state index < -0.39 is 0 Å². The Morgan fingerprint density at radius 2 is 2.20 bits per heavy atom. The molecule has 0 aliphatic heterocycles. The van der Waals surface area contributed by atoms with E-state index in [2.05, 4.69) is 22.6 Å². The summed E-state index contributed by atoms with van der Waals surface area (Å²) in [6.45, 7) is 4.71. The fraction of sp³-hybridized carbons (Fsp3) is 0.474. The van der Waals surface area contributed by atoms with Gasteiger partial charge in [-0.05, 0) is 44.2 Å². The standard InChI is InChI=1S/C19H25N3O3/c1-13-17(14(2)25-21-13)12-20-19(24)22(10-5-11-23)18-9-8-15-6-3-4-7-16(15)18/h3-4,6-7,18,23H,5,8-12H2,1-2H3,(H,20,24). The highest BCUT2D eigenvalue weighted by Crippen LogP contribution is 2.35. The van der Waals surface area contributed by atoms with Crippen LogP contribution in [0, 0.1) is 13.8 Å². The van der Waals surface area contributed by atoms with Crippen LogP contribution in [0.15, 0.2) is 28.8 Å². The third-order valence-electron chi connectivity index (χ3n) is 4.89. The lowest BCUT2D eigenvalue weighted by molar-refractivity contribution is 0.164. The van der Waals surface area contributed by atoms with Crippen LogP contribution in [0.25, 0.3) is 0 Å². The first-order chi connectivity index (χ1) is 12.1. The number of aliphatic hydroxyl groups is 1. The molecule has 3 rings (SSSR count). The Labute approximate surface area is 147 Å². The summed E-state index contributed by atoms with van der Waals surface area (Å²) in [5, 5.41) is 16.1. The van der Waals surface area contributed by atoms with Crippen molar-refractivity contribution in [3.63, 3.8) is 0 Å². The lowest BCUT2D eigenvalue weighted by Crippen LogP contribution is -2.42. The number of aromatic nitrogens is 1. The van der Waals surface area contributed by atoms with E-state index >= 15 is 0 Å². The second kappa shape index (κ2) is 7.70. The maximum absolute atomic E-state index is 12.8. The van der Waals surface area contributed by atoms with Crippen LogP contribution in [-0.2, 0) is 13.0 Å². The van der Waals surface area contributed by atoms with Crippen molar-refractivity contribution in [1.29, 1.82) is 0 Å². The van der Waals surface area contributed by atoms with E-state index in [-0.39, 0.29) is 18.7 Å². The number of urea groups is 1. The van der Waals surface area contributed by atoms with Gasteiger partial charge in [0.05, 0.1) is 11.7 Å². The Morgan fingerprint density at radius 3 is 2.92 bits per heavy atom. The number of aryl methyl sites for hydroxylation is 3. The van der Waals surface area contributed by atoms with Gasteiger partial charge in [-0.2, -0.15) is 0 Å². The lowest BCUT2D eigenvalue weighted by atomic mass is 10.1. The normalized spacial score (nSPS) is 15.9. The van der Waals surface area contributed by atoms with E-state index in [4.69, 9.17) is 4.52 Å². The molecule has 2 aromatic rings. The van der Waals surface area contributed by atoms with Crippen LogP contribution in [-0.4, -0.2) is 34.3 Å². The molecule has 6 nitrogen and oxygen atoms in total. The second-order valence-electron chi connectivity index (χ2n) is 6.49. The van der Waals surface area contributed by atoms with E-state index in [1.54, 1.807) is 0 Å². The maximum Gasteiger partial charge on any atom is 0.318 e. The molecule has 1 heterocycles. The van der Waals surface area contributed by atoms with Gasteiger partial charge in [0.25, 0.3) is 0 Å². The van der Waals surface area contributed by atoms with Crippen molar-refractivity contribution >= 4 is 6.03 Å². The lowest BCUT2D eigenvalue weighted by Gasteiger charge is -2.30. The molecule has 2 amide bonds. The fourth-order valence-electron chi connectivity index (χ4n) is 3.52. The van der Waals surface area contributed by atoms with Crippen LogP contribution in [0.4, 0.5) is 4.79 Å². The summed E-state index contributed by atoms with van der Waals surface area (Å²) >= 11 is 0. The predicted octanol–water partition coefficient (Wildman–Crippen LogP) is 2.87. The Morgan fingerprint density at radius 1 is 1.40 bits per heavy atom. The topological polar surface area (TPSA) is 78.6 Å². The molecule has 0 spiro atoms. The Kier molecular flexibility index (Phi) is 5.38. The number of carbonyl (C=O) groups excluding carboxylic acids is 1. The zero-order chi connectivity index (χ0) is 17.8. The number of hydrogen-bond donors (Lipinski definition) is 2. The minimum Gasteiger partial charge on any atom is -0.396 e. The largest absolute Gasteiger partial charge is 0.396 e. The van der Waals surface area contributed by atoms with E-state index in [1.165, 1.54) is 11.1 Å². The quantitative estimate of drug-likeness (QED) is 0.845. The van der Waals surface area contributed by atoms with E-state index in [1.807, 2.05) is 30.9 Å². The summed E-state index contributed by atoms with van der Waals surface area (Å²) in [6.07, 6.45) is 2.47. The molecule has 0 bridgehead atoms. The molecule has 6 heteroatoms. The monoisotopic (exact) mass is 343 g/mol. The van der Waals surface area contributed by atoms with Crippen LogP contribution in [0.2, 0.25) is 0 Å². The molecule has 0 fully saturated rings. The summed E-state index contributed by atoms with van der Waals surface area (Å²) in [5.74, 6) is 0.728. The van der Waals surface area contributed by atoms with E-state index in [9.17, 15) is 9.90 Å². The number of aliphatic hydroxyl groups excluding tert-OH is 1. The Hall–Kier alpha value is -2.34. The number of nitrogens with zero attached hydrogens (tertiary/aromatic N) is 2. The number of rotatable bonds is 6. The molecule has 2 N–H and O–H groups in total. The average molecular weight is 343 g/mol. The van der Waals surface area contributed by atoms with Gasteiger partial charge >= 0.3 is 6.03 Å². The van der Waals surface area contributed by atoms with Crippen LogP contribution < -0.4 is 5.32 Å². The average Bonchev–Trinajstić information content (AvgIpc) is 3.18. The van der Waals surface area contributed by atoms with Crippen molar-refractivity contribution in [2.75, 3.05) is 13.2 Å². The Balaban J connectivity index is 1.73. The summed E-state index contributed by atoms with van der Waals surface area (Å²) in [4.78, 5) is 14.7. The van der Waals surface area contributed by atoms with Crippen molar-refractivity contribution in [1.82, 2.24) is 15.4 Å². The molecule has 1 atom stereocenters. The van der Waals surface area contributed by atoms with Gasteiger partial charge in [-0.25, -0.2) is 4.79 Å². The van der Waals surface area contributed by atoms with Gasteiger partial charge in [0.1, 0.15) is 5.76 Å². The smallest absolute Gasteiger partial charge is 0.318 e. The van der Waals surface area contributed by atoms with Gasteiger partial charge in [0.15, 0.2) is 0 Å². The number of carbonyl (C=O) groups is 1. The first-order valence-electron chi connectivity index (χ1n) is 8.76. The van der Waals surface area contributed by atoms with Gasteiger partial charge in [-0.15, -0.1) is 0 Å². The first kappa shape index (κ1) is 17.5. The summed E-state index contributed by atoms with van der Waals surface area (Å²) in [5.41, 5.74) is 4.24. The summed E-state index contributed by atoms with van der Waals surface area (Å²) < 4.78 is 5.15. The number of amides is 2. The molecule has 1 unspecified atom stereocenters. The molecule has 0 saturated heterocycles. The van der Waals surface area contributed by atoms with Crippen molar-refractivity contribution < 1.29 is 14.4 Å². The van der Waals surface area contributed by atoms with Crippen molar-refractivity contribution in [3.8, 4) is 0 Å². The van der Waals surface area contributed by atoms with Gasteiger partial charge in [0, 0.05) is 25.3 Å². The van der Waals surface area contributed by atoms with Crippen molar-refractivity contribution in [3.05, 3.63) is 52.4 Å². The molecule has 1 aromatic heterocycles. The highest BCUT2D eigenvalue weighted by Gasteiger charge is 2.30. The molecule has 25 heavy (non-hydrogen) atoms. The molecular weight excluding hydrogens is 318 g/mol. The SMILES string of the molecule is Cc1noc(C)c1CNC(=O)N(CCCO)C1CCc2ccccc21. The van der Waals surface area contributed by atoms with Gasteiger partial charge in [-0.1, -0.05) is 29.4 Å². The van der Waals surface area contributed by atoms with Gasteiger partial charge < -0.3 is 19.8 Å². The van der Waals surface area contributed by atoms with Crippen LogP contribution in [0.3, 0.4) is 0 Å². The minimum atomic E-state index is -0.116. The van der Waals surface area contributed by atoms with Crippen molar-refractivity contribution in [2.45, 2.75) is 45.7 Å². The number of fused-ring (bicyclic) bond motifs is 1. The zero-order valence-electron chi connectivity index (χ0n) is 14.8. The van der Waals surface area contributed by atoms with Gasteiger partial charge in [-0.3, -0.25) is 0 Å². The van der Waals surface area contributed by atoms with Crippen LogP contribution in [0.1, 0.15) is 47.0 Å². The molecule has 1 aromatic carbocycles. The Bertz CT molecular complexity index is 722. The van der Waals surface area contributed by atoms with E-state index in [0.717, 1.165) is 29.9 Å². The number of nitrogens with one attached hydrogen (secondary N) is 1. The molecule has 0 saturated carbocycles. The number of hydrogen-bond acceptors (Lipinski definition) is 4. The highest BCUT2D eigenvalue weighted by molar-refractivity contribution is 5.75. The maximum atomic E-state index is 12.8. The summed E-state index contributed by atoms with van der Waals surface area (Å²) in [7, 11) is 0. The van der Waals surface area contributed by atoms with E-state index in [0.29, 0.717) is 19.5 Å². The minimum absolute atomic E-state index is 0.0624. The first-order valence-corrected chi connectivity index (χ1v) is 8.76. The molecule has 134 valence electrons. The fourth-order valence-corrected chi connectivity index (χ4v) is 3.52. The highest BCUT2D eigenvalue weighted by atomic mass is 16.5. The third kappa shape index (κ3) is 3.69.